The van der Waals surface area contributed by atoms with Gasteiger partial charge in [-0.05, 0) is 25.1 Å². The molecule has 0 aliphatic carbocycles. The Balaban J connectivity index is 1.59. The van der Waals surface area contributed by atoms with Gasteiger partial charge in [0.2, 0.25) is 0 Å². The number of anilines is 1. The maximum absolute atomic E-state index is 12.7. The van der Waals surface area contributed by atoms with Gasteiger partial charge in [-0.3, -0.25) is 9.48 Å². The molecule has 3 heterocycles. The molecule has 9 heteroatoms. The lowest BCUT2D eigenvalue weighted by atomic mass is 10.1. The predicted molar refractivity (Wildman–Crippen MR) is 80.7 cm³/mol. The number of rotatable bonds is 3. The van der Waals surface area contributed by atoms with Crippen molar-refractivity contribution in [1.82, 2.24) is 20.1 Å². The van der Waals surface area contributed by atoms with Crippen molar-refractivity contribution >= 4 is 11.7 Å². The standard InChI is InChI=1S/C15H16F3N5O/c1-9-5-12(21-22(9)2)14(24)20-11-7-23(8-11)13-6-10(3-4-19-13)15(16,17)18/h3-6,11H,7-8H2,1-2H3,(H,20,24). The number of aryl methyl sites for hydroxylation is 2. The van der Waals surface area contributed by atoms with Crippen molar-refractivity contribution in [2.24, 2.45) is 7.05 Å². The molecule has 1 saturated heterocycles. The quantitative estimate of drug-likeness (QED) is 0.926. The monoisotopic (exact) mass is 339 g/mol. The van der Waals surface area contributed by atoms with Gasteiger partial charge in [0, 0.05) is 32.0 Å². The van der Waals surface area contributed by atoms with Gasteiger partial charge >= 0.3 is 6.18 Å². The molecule has 0 radical (unpaired) electrons. The molecule has 1 aliphatic rings. The molecule has 2 aromatic heterocycles. The average molecular weight is 339 g/mol. The van der Waals surface area contributed by atoms with Crippen LogP contribution >= 0.6 is 0 Å². The molecule has 2 aromatic rings. The normalized spacial score (nSPS) is 15.3. The van der Waals surface area contributed by atoms with Crippen LogP contribution in [0.4, 0.5) is 19.0 Å². The van der Waals surface area contributed by atoms with Crippen LogP contribution in [0.3, 0.4) is 0 Å². The van der Waals surface area contributed by atoms with Crippen molar-refractivity contribution in [3.05, 3.63) is 41.3 Å². The van der Waals surface area contributed by atoms with Gasteiger partial charge in [-0.1, -0.05) is 0 Å². The fraction of sp³-hybridized carbons (Fsp3) is 0.400. The Labute approximate surface area is 136 Å². The van der Waals surface area contributed by atoms with Crippen LogP contribution in [-0.4, -0.2) is 39.8 Å². The van der Waals surface area contributed by atoms with Crippen LogP contribution < -0.4 is 10.2 Å². The van der Waals surface area contributed by atoms with E-state index in [1.807, 2.05) is 6.92 Å². The topological polar surface area (TPSA) is 63.1 Å². The van der Waals surface area contributed by atoms with Gasteiger partial charge in [-0.25, -0.2) is 4.98 Å². The number of alkyl halides is 3. The van der Waals surface area contributed by atoms with E-state index in [0.717, 1.165) is 24.0 Å². The number of hydrogen-bond donors (Lipinski definition) is 1. The van der Waals surface area contributed by atoms with Gasteiger partial charge in [0.25, 0.3) is 5.91 Å². The first-order valence-electron chi connectivity index (χ1n) is 7.34. The van der Waals surface area contributed by atoms with Crippen molar-refractivity contribution in [2.75, 3.05) is 18.0 Å². The lowest BCUT2D eigenvalue weighted by molar-refractivity contribution is -0.137. The molecule has 1 aliphatic heterocycles. The van der Waals surface area contributed by atoms with Crippen LogP contribution in [0.5, 0.6) is 0 Å². The first kappa shape index (κ1) is 16.3. The molecule has 6 nitrogen and oxygen atoms in total. The van der Waals surface area contributed by atoms with E-state index in [4.69, 9.17) is 0 Å². The van der Waals surface area contributed by atoms with Crippen LogP contribution in [0.2, 0.25) is 0 Å². The van der Waals surface area contributed by atoms with E-state index in [9.17, 15) is 18.0 Å². The number of halogens is 3. The first-order valence-corrected chi connectivity index (χ1v) is 7.34. The molecule has 24 heavy (non-hydrogen) atoms. The summed E-state index contributed by atoms with van der Waals surface area (Å²) >= 11 is 0. The summed E-state index contributed by atoms with van der Waals surface area (Å²) in [7, 11) is 1.75. The van der Waals surface area contributed by atoms with E-state index in [-0.39, 0.29) is 17.8 Å². The van der Waals surface area contributed by atoms with E-state index in [2.05, 4.69) is 15.4 Å². The summed E-state index contributed by atoms with van der Waals surface area (Å²) < 4.78 is 39.7. The Bertz CT molecular complexity index is 745. The van der Waals surface area contributed by atoms with E-state index < -0.39 is 11.7 Å². The van der Waals surface area contributed by atoms with E-state index >= 15 is 0 Å². The molecule has 0 saturated carbocycles. The number of pyridine rings is 1. The Morgan fingerprint density at radius 1 is 1.33 bits per heavy atom. The third-order valence-electron chi connectivity index (χ3n) is 3.96. The van der Waals surface area contributed by atoms with Crippen LogP contribution in [-0.2, 0) is 13.2 Å². The Morgan fingerprint density at radius 2 is 2.04 bits per heavy atom. The highest BCUT2D eigenvalue weighted by atomic mass is 19.4. The number of hydrogen-bond acceptors (Lipinski definition) is 4. The molecule has 3 rings (SSSR count). The Morgan fingerprint density at radius 3 is 2.62 bits per heavy atom. The molecule has 128 valence electrons. The predicted octanol–water partition coefficient (Wildman–Crippen LogP) is 1.76. The average Bonchev–Trinajstić information content (AvgIpc) is 2.81. The summed E-state index contributed by atoms with van der Waals surface area (Å²) in [6.07, 6.45) is -3.26. The van der Waals surface area contributed by atoms with Crippen LogP contribution in [0, 0.1) is 6.92 Å². The number of carbonyl (C=O) groups excluding carboxylic acids is 1. The van der Waals surface area contributed by atoms with Crippen LogP contribution in [0.1, 0.15) is 21.7 Å². The summed E-state index contributed by atoms with van der Waals surface area (Å²) in [5.41, 5.74) is 0.457. The maximum atomic E-state index is 12.7. The highest BCUT2D eigenvalue weighted by molar-refractivity contribution is 5.92. The van der Waals surface area contributed by atoms with Gasteiger partial charge in [0.1, 0.15) is 11.5 Å². The van der Waals surface area contributed by atoms with Crippen LogP contribution in [0.25, 0.3) is 0 Å². The third-order valence-corrected chi connectivity index (χ3v) is 3.96. The molecule has 0 bridgehead atoms. The fourth-order valence-electron chi connectivity index (χ4n) is 2.46. The molecule has 1 N–H and O–H groups in total. The summed E-state index contributed by atoms with van der Waals surface area (Å²) in [5.74, 6) is -0.0376. The smallest absolute Gasteiger partial charge is 0.352 e. The highest BCUT2D eigenvalue weighted by Gasteiger charge is 2.34. The summed E-state index contributed by atoms with van der Waals surface area (Å²) in [6.45, 7) is 2.66. The minimum absolute atomic E-state index is 0.142. The zero-order valence-electron chi connectivity index (χ0n) is 13.1. The number of nitrogens with zero attached hydrogens (tertiary/aromatic N) is 4. The molecule has 0 aromatic carbocycles. The Hall–Kier alpha value is -2.58. The lowest BCUT2D eigenvalue weighted by Gasteiger charge is -2.40. The van der Waals surface area contributed by atoms with Gasteiger partial charge in [0.05, 0.1) is 11.6 Å². The fourth-order valence-corrected chi connectivity index (χ4v) is 2.46. The van der Waals surface area contributed by atoms with Gasteiger partial charge < -0.3 is 10.2 Å². The SMILES string of the molecule is Cc1cc(C(=O)NC2CN(c3cc(C(F)(F)F)ccn3)C2)nn1C. The zero-order valence-corrected chi connectivity index (χ0v) is 13.1. The number of nitrogens with one attached hydrogen (secondary N) is 1. The van der Waals surface area contributed by atoms with E-state index in [1.165, 1.54) is 0 Å². The largest absolute Gasteiger partial charge is 0.416 e. The van der Waals surface area contributed by atoms with Crippen LogP contribution in [0.15, 0.2) is 24.4 Å². The molecule has 0 unspecified atom stereocenters. The molecule has 0 spiro atoms. The Kier molecular flexibility index (Phi) is 3.94. The second-order valence-electron chi connectivity index (χ2n) is 5.77. The molecular weight excluding hydrogens is 323 g/mol. The third kappa shape index (κ3) is 3.19. The van der Waals surface area contributed by atoms with E-state index in [0.29, 0.717) is 18.8 Å². The second kappa shape index (κ2) is 5.81. The van der Waals surface area contributed by atoms with Crippen molar-refractivity contribution in [3.8, 4) is 0 Å². The summed E-state index contributed by atoms with van der Waals surface area (Å²) in [5, 5.41) is 6.90. The lowest BCUT2D eigenvalue weighted by Crippen LogP contribution is -2.59. The second-order valence-corrected chi connectivity index (χ2v) is 5.77. The zero-order chi connectivity index (χ0) is 17.5. The number of amides is 1. The van der Waals surface area contributed by atoms with Crippen molar-refractivity contribution in [2.45, 2.75) is 19.1 Å². The van der Waals surface area contributed by atoms with Gasteiger partial charge in [-0.2, -0.15) is 18.3 Å². The minimum Gasteiger partial charge on any atom is -0.352 e. The summed E-state index contributed by atoms with van der Waals surface area (Å²) in [4.78, 5) is 17.7. The van der Waals surface area contributed by atoms with Crippen molar-refractivity contribution in [1.29, 1.82) is 0 Å². The minimum atomic E-state index is -4.40. The molecule has 1 fully saturated rings. The highest BCUT2D eigenvalue weighted by Crippen LogP contribution is 2.31. The molecule has 0 atom stereocenters. The van der Waals surface area contributed by atoms with Gasteiger partial charge in [0.15, 0.2) is 0 Å². The number of aromatic nitrogens is 3. The molecular formula is C15H16F3N5O. The maximum Gasteiger partial charge on any atom is 0.416 e. The van der Waals surface area contributed by atoms with Crippen molar-refractivity contribution < 1.29 is 18.0 Å². The van der Waals surface area contributed by atoms with E-state index in [1.54, 1.807) is 22.7 Å². The van der Waals surface area contributed by atoms with Crippen molar-refractivity contribution in [3.63, 3.8) is 0 Å². The number of carbonyl (C=O) groups is 1. The first-order chi connectivity index (χ1) is 11.2. The van der Waals surface area contributed by atoms with Gasteiger partial charge in [-0.15, -0.1) is 0 Å². The summed E-state index contributed by atoms with van der Waals surface area (Å²) in [6, 6.07) is 3.49. The molecule has 1 amide bonds.